The van der Waals surface area contributed by atoms with Gasteiger partial charge < -0.3 is 19.8 Å². The summed E-state index contributed by atoms with van der Waals surface area (Å²) >= 11 is 0. The Kier molecular flexibility index (Phi) is 13.8. The molecule has 1 atom stereocenters. The Hall–Kier alpha value is -1.29. The van der Waals surface area contributed by atoms with Gasteiger partial charge in [0.2, 0.25) is 0 Å². The highest BCUT2D eigenvalue weighted by atomic mass is 127. The molecule has 0 aromatic carbocycles. The lowest BCUT2D eigenvalue weighted by atomic mass is 10.1. The van der Waals surface area contributed by atoms with Crippen LogP contribution in [0.15, 0.2) is 27.8 Å². The average molecular weight is 520 g/mol. The van der Waals surface area contributed by atoms with Crippen molar-refractivity contribution >= 4 is 35.9 Å². The molecule has 1 aliphatic rings. The molecule has 166 valence electrons. The lowest BCUT2D eigenvalue weighted by Gasteiger charge is -2.26. The van der Waals surface area contributed by atoms with Crippen LogP contribution in [0.5, 0.6) is 0 Å². The normalized spacial score (nSPS) is 15.6. The molecule has 2 heterocycles. The van der Waals surface area contributed by atoms with Gasteiger partial charge >= 0.3 is 5.97 Å². The van der Waals surface area contributed by atoms with Crippen LogP contribution in [-0.2, 0) is 9.53 Å². The zero-order valence-corrected chi connectivity index (χ0v) is 20.2. The molecule has 1 saturated heterocycles. The van der Waals surface area contributed by atoms with E-state index in [1.807, 2.05) is 13.0 Å². The monoisotopic (exact) mass is 520 g/mol. The number of ether oxygens (including phenoxy) is 1. The second-order valence-corrected chi connectivity index (χ2v) is 7.12. The first kappa shape index (κ1) is 25.7. The number of hydrogen-bond acceptors (Lipinski definition) is 5. The fraction of sp³-hybridized carbons (Fsp3) is 0.714. The van der Waals surface area contributed by atoms with E-state index in [1.54, 1.807) is 13.3 Å². The number of guanidine groups is 1. The van der Waals surface area contributed by atoms with Crippen molar-refractivity contribution in [1.29, 1.82) is 0 Å². The van der Waals surface area contributed by atoms with Gasteiger partial charge in [0.15, 0.2) is 5.96 Å². The molecule has 0 aliphatic carbocycles. The number of nitrogens with one attached hydrogen (secondary N) is 2. The Morgan fingerprint density at radius 2 is 2.00 bits per heavy atom. The second kappa shape index (κ2) is 15.5. The predicted molar refractivity (Wildman–Crippen MR) is 127 cm³/mol. The number of unbranched alkanes of at least 4 members (excludes halogenated alkanes) is 3. The summed E-state index contributed by atoms with van der Waals surface area (Å²) in [6.07, 6.45) is 8.85. The fourth-order valence-corrected chi connectivity index (χ4v) is 3.55. The van der Waals surface area contributed by atoms with Gasteiger partial charge in [-0.05, 0) is 57.8 Å². The molecule has 1 aromatic rings. The van der Waals surface area contributed by atoms with E-state index < -0.39 is 0 Å². The summed E-state index contributed by atoms with van der Waals surface area (Å²) in [5, 5.41) is 6.82. The van der Waals surface area contributed by atoms with Crippen LogP contribution in [0.2, 0.25) is 0 Å². The van der Waals surface area contributed by atoms with E-state index in [0.29, 0.717) is 13.0 Å². The minimum atomic E-state index is -0.0886. The highest BCUT2D eigenvalue weighted by molar-refractivity contribution is 14.0. The molecule has 1 unspecified atom stereocenters. The molecule has 0 amide bonds. The highest BCUT2D eigenvalue weighted by Crippen LogP contribution is 2.24. The van der Waals surface area contributed by atoms with E-state index in [4.69, 9.17) is 9.15 Å². The van der Waals surface area contributed by atoms with Crippen LogP contribution in [0.4, 0.5) is 0 Å². The van der Waals surface area contributed by atoms with Crippen molar-refractivity contribution in [1.82, 2.24) is 15.5 Å². The minimum Gasteiger partial charge on any atom is -0.468 e. The van der Waals surface area contributed by atoms with E-state index in [9.17, 15) is 4.79 Å². The van der Waals surface area contributed by atoms with E-state index >= 15 is 0 Å². The van der Waals surface area contributed by atoms with Gasteiger partial charge in [0.05, 0.1) is 18.9 Å². The van der Waals surface area contributed by atoms with Gasteiger partial charge in [0, 0.05) is 26.6 Å². The molecule has 2 rings (SSSR count). The van der Waals surface area contributed by atoms with Crippen LogP contribution in [0.3, 0.4) is 0 Å². The molecular weight excluding hydrogens is 483 g/mol. The molecule has 0 spiro atoms. The molecule has 0 radical (unpaired) electrons. The number of hydrogen-bond donors (Lipinski definition) is 2. The summed E-state index contributed by atoms with van der Waals surface area (Å²) in [6.45, 7) is 6.18. The number of aliphatic imine (C=N–C) groups is 1. The van der Waals surface area contributed by atoms with Crippen LogP contribution < -0.4 is 10.6 Å². The molecule has 1 aromatic heterocycles. The maximum Gasteiger partial charge on any atom is 0.305 e. The van der Waals surface area contributed by atoms with Gasteiger partial charge in [-0.1, -0.05) is 12.8 Å². The first-order chi connectivity index (χ1) is 13.7. The third-order valence-corrected chi connectivity index (χ3v) is 5.04. The molecule has 0 bridgehead atoms. The largest absolute Gasteiger partial charge is 0.468 e. The van der Waals surface area contributed by atoms with Gasteiger partial charge in [-0.25, -0.2) is 0 Å². The van der Waals surface area contributed by atoms with Gasteiger partial charge in [0.25, 0.3) is 0 Å². The first-order valence-electron chi connectivity index (χ1n) is 10.6. The van der Waals surface area contributed by atoms with Crippen molar-refractivity contribution in [2.75, 3.05) is 39.8 Å². The van der Waals surface area contributed by atoms with Crippen molar-refractivity contribution in [2.45, 2.75) is 57.9 Å². The van der Waals surface area contributed by atoms with E-state index in [1.165, 1.54) is 12.8 Å². The molecular formula is C21H37IN4O3. The van der Waals surface area contributed by atoms with E-state index in [-0.39, 0.29) is 36.0 Å². The first-order valence-corrected chi connectivity index (χ1v) is 10.6. The summed E-state index contributed by atoms with van der Waals surface area (Å²) in [7, 11) is 1.80. The Bertz CT molecular complexity index is 574. The molecule has 1 fully saturated rings. The van der Waals surface area contributed by atoms with Crippen molar-refractivity contribution in [3.63, 3.8) is 0 Å². The number of furan rings is 1. The molecule has 1 aliphatic heterocycles. The van der Waals surface area contributed by atoms with Crippen LogP contribution in [0.25, 0.3) is 0 Å². The van der Waals surface area contributed by atoms with Crippen molar-refractivity contribution in [3.8, 4) is 0 Å². The van der Waals surface area contributed by atoms with Crippen LogP contribution in [0.1, 0.15) is 63.7 Å². The number of esters is 1. The van der Waals surface area contributed by atoms with E-state index in [2.05, 4.69) is 26.6 Å². The Morgan fingerprint density at radius 1 is 1.24 bits per heavy atom. The maximum absolute atomic E-state index is 11.3. The van der Waals surface area contributed by atoms with Crippen molar-refractivity contribution in [2.24, 2.45) is 4.99 Å². The number of likely N-dealkylation sites (tertiary alicyclic amines) is 1. The topological polar surface area (TPSA) is 79.1 Å². The lowest BCUT2D eigenvalue weighted by molar-refractivity contribution is -0.143. The Morgan fingerprint density at radius 3 is 2.66 bits per heavy atom. The zero-order chi connectivity index (χ0) is 20.0. The summed E-state index contributed by atoms with van der Waals surface area (Å²) in [6, 6.07) is 4.24. The number of carbonyl (C=O) groups is 1. The quantitative estimate of drug-likeness (QED) is 0.144. The van der Waals surface area contributed by atoms with Gasteiger partial charge in [-0.2, -0.15) is 0 Å². The van der Waals surface area contributed by atoms with Gasteiger partial charge in [-0.15, -0.1) is 24.0 Å². The maximum atomic E-state index is 11.3. The number of rotatable bonds is 12. The van der Waals surface area contributed by atoms with Crippen LogP contribution in [-0.4, -0.2) is 56.7 Å². The lowest BCUT2D eigenvalue weighted by Crippen LogP contribution is -2.42. The molecule has 2 N–H and O–H groups in total. The third-order valence-electron chi connectivity index (χ3n) is 5.04. The summed E-state index contributed by atoms with van der Waals surface area (Å²) in [4.78, 5) is 18.1. The fourth-order valence-electron chi connectivity index (χ4n) is 3.55. The highest BCUT2D eigenvalue weighted by Gasteiger charge is 2.25. The minimum absolute atomic E-state index is 0. The average Bonchev–Trinajstić information content (AvgIpc) is 3.40. The number of nitrogens with zero attached hydrogens (tertiary/aromatic N) is 2. The molecule has 0 saturated carbocycles. The Balaban J connectivity index is 0.00000420. The second-order valence-electron chi connectivity index (χ2n) is 7.12. The molecule has 8 heteroatoms. The summed E-state index contributed by atoms with van der Waals surface area (Å²) in [5.74, 6) is 1.74. The molecule has 29 heavy (non-hydrogen) atoms. The van der Waals surface area contributed by atoms with Gasteiger partial charge in [0.1, 0.15) is 5.76 Å². The van der Waals surface area contributed by atoms with Gasteiger partial charge in [-0.3, -0.25) is 14.7 Å². The SMILES string of the molecule is CCOC(=O)CCCCCCNC(=NC)NCC(c1ccco1)N1CCCC1.I. The summed E-state index contributed by atoms with van der Waals surface area (Å²) < 4.78 is 10.6. The Labute approximate surface area is 192 Å². The van der Waals surface area contributed by atoms with Crippen LogP contribution >= 0.6 is 24.0 Å². The molecule has 7 nitrogen and oxygen atoms in total. The smallest absolute Gasteiger partial charge is 0.305 e. The third kappa shape index (κ3) is 9.84. The van der Waals surface area contributed by atoms with Crippen molar-refractivity contribution < 1.29 is 13.9 Å². The standard InChI is InChI=1S/C21H36N4O3.HI/c1-3-27-20(26)12-6-4-5-7-13-23-21(22-2)24-17-18(19-11-10-16-28-19)25-14-8-9-15-25;/h10-11,16,18H,3-9,12-15,17H2,1-2H3,(H2,22,23,24);1H. The van der Waals surface area contributed by atoms with Crippen LogP contribution in [0, 0.1) is 0 Å². The number of halogens is 1. The van der Waals surface area contributed by atoms with Crippen molar-refractivity contribution in [3.05, 3.63) is 24.2 Å². The predicted octanol–water partition coefficient (Wildman–Crippen LogP) is 3.71. The zero-order valence-electron chi connectivity index (χ0n) is 17.8. The summed E-state index contributed by atoms with van der Waals surface area (Å²) in [5.41, 5.74) is 0. The number of carbonyl (C=O) groups excluding carboxylic acids is 1. The van der Waals surface area contributed by atoms with E-state index in [0.717, 1.165) is 63.6 Å².